The van der Waals surface area contributed by atoms with Crippen LogP contribution in [0.3, 0.4) is 0 Å². The molecule has 0 spiro atoms. The molecule has 2 aromatic carbocycles. The predicted octanol–water partition coefficient (Wildman–Crippen LogP) is 4.36. The smallest absolute Gasteiger partial charge is 0.294 e. The second-order valence-corrected chi connectivity index (χ2v) is 8.61. The number of imide groups is 1. The fourth-order valence-electron chi connectivity index (χ4n) is 3.20. The molecular weight excluding hydrogens is 468 g/mol. The number of rotatable bonds is 5. The van der Waals surface area contributed by atoms with Gasteiger partial charge in [0.25, 0.3) is 11.1 Å². The summed E-state index contributed by atoms with van der Waals surface area (Å²) in [7, 11) is 0. The van der Waals surface area contributed by atoms with Gasteiger partial charge < -0.3 is 14.7 Å². The maximum absolute atomic E-state index is 12.8. The number of hydrogen-bond acceptors (Lipinski definition) is 8. The Morgan fingerprint density at radius 3 is 2.58 bits per heavy atom. The van der Waals surface area contributed by atoms with Crippen molar-refractivity contribution in [3.63, 3.8) is 0 Å². The van der Waals surface area contributed by atoms with Gasteiger partial charge in [-0.2, -0.15) is 10.2 Å². The minimum absolute atomic E-state index is 0.0899. The summed E-state index contributed by atoms with van der Waals surface area (Å²) in [5.74, 6) is -0.988. The Morgan fingerprint density at radius 1 is 1.12 bits per heavy atom. The van der Waals surface area contributed by atoms with Crippen molar-refractivity contribution in [2.45, 2.75) is 0 Å². The number of morpholine rings is 1. The molecule has 2 aliphatic heterocycles. The molecule has 1 N–H and O–H groups in total. The molecule has 0 aromatic heterocycles. The molecule has 0 atom stereocenters. The molecule has 11 heteroatoms. The second-order valence-electron chi connectivity index (χ2n) is 7.18. The van der Waals surface area contributed by atoms with Crippen LogP contribution in [0.1, 0.15) is 5.56 Å². The van der Waals surface area contributed by atoms with Gasteiger partial charge in [0.15, 0.2) is 0 Å². The summed E-state index contributed by atoms with van der Waals surface area (Å²) in [6.07, 6.45) is 1.40. The molecule has 2 fully saturated rings. The van der Waals surface area contributed by atoms with Gasteiger partial charge in [-0.05, 0) is 54.2 Å². The third kappa shape index (κ3) is 5.59. The monoisotopic (exact) mass is 486 g/mol. The number of aromatic hydroxyl groups is 1. The summed E-state index contributed by atoms with van der Waals surface area (Å²) < 4.78 is 5.22. The molecule has 2 aromatic rings. The number of hydrogen-bond donors (Lipinski definition) is 1. The Kier molecular flexibility index (Phi) is 7.07. The fraction of sp³-hybridized carbons (Fsp3) is 0.227. The minimum atomic E-state index is -0.586. The van der Waals surface area contributed by atoms with E-state index in [-0.39, 0.29) is 23.1 Å². The zero-order chi connectivity index (χ0) is 23.4. The van der Waals surface area contributed by atoms with E-state index in [0.717, 1.165) is 4.90 Å². The van der Waals surface area contributed by atoms with Gasteiger partial charge in [0.05, 0.1) is 29.5 Å². The maximum Gasteiger partial charge on any atom is 0.294 e. The molecule has 4 rings (SSSR count). The van der Waals surface area contributed by atoms with Crippen LogP contribution in [0.5, 0.6) is 5.75 Å². The van der Waals surface area contributed by atoms with E-state index < -0.39 is 11.1 Å². The standard InChI is InChI=1S/C22H19ClN4O5S/c23-15-2-1-3-16(12-15)24-25-17-4-5-18(28)14(10-17)11-19-21(30)27(22(31)33-19)13-20(29)26-6-8-32-9-7-26/h1-5,10-12,28H,6-9,13H2/b19-11-,25-24?. The number of nitrogens with zero attached hydrogens (tertiary/aromatic N) is 4. The van der Waals surface area contributed by atoms with Gasteiger partial charge in [-0.3, -0.25) is 19.3 Å². The Morgan fingerprint density at radius 2 is 1.85 bits per heavy atom. The van der Waals surface area contributed by atoms with Crippen molar-refractivity contribution in [1.82, 2.24) is 9.80 Å². The van der Waals surface area contributed by atoms with E-state index in [1.165, 1.54) is 18.2 Å². The Labute approximate surface area is 198 Å². The number of carbonyl (C=O) groups is 3. The van der Waals surface area contributed by atoms with E-state index in [1.807, 2.05) is 0 Å². The van der Waals surface area contributed by atoms with E-state index >= 15 is 0 Å². The summed E-state index contributed by atoms with van der Waals surface area (Å²) in [5, 5.41) is 18.5. The number of amides is 3. The van der Waals surface area contributed by atoms with Gasteiger partial charge in [-0.1, -0.05) is 17.7 Å². The lowest BCUT2D eigenvalue weighted by atomic mass is 10.1. The van der Waals surface area contributed by atoms with E-state index in [0.29, 0.717) is 60.0 Å². The molecule has 2 heterocycles. The van der Waals surface area contributed by atoms with Gasteiger partial charge in [-0.25, -0.2) is 0 Å². The topological polar surface area (TPSA) is 112 Å². The number of thioether (sulfide) groups is 1. The van der Waals surface area contributed by atoms with Crippen LogP contribution in [0.2, 0.25) is 5.02 Å². The van der Waals surface area contributed by atoms with Crippen molar-refractivity contribution in [1.29, 1.82) is 0 Å². The molecule has 0 radical (unpaired) electrons. The highest BCUT2D eigenvalue weighted by molar-refractivity contribution is 8.18. The van der Waals surface area contributed by atoms with Gasteiger partial charge >= 0.3 is 0 Å². The highest BCUT2D eigenvalue weighted by atomic mass is 35.5. The van der Waals surface area contributed by atoms with Crippen LogP contribution >= 0.6 is 23.4 Å². The van der Waals surface area contributed by atoms with Gasteiger partial charge in [0.1, 0.15) is 12.3 Å². The van der Waals surface area contributed by atoms with Crippen molar-refractivity contribution in [2.75, 3.05) is 32.8 Å². The van der Waals surface area contributed by atoms with Crippen molar-refractivity contribution in [3.8, 4) is 5.75 Å². The van der Waals surface area contributed by atoms with Crippen LogP contribution < -0.4 is 0 Å². The van der Waals surface area contributed by atoms with Gasteiger partial charge in [0, 0.05) is 23.7 Å². The van der Waals surface area contributed by atoms with Gasteiger partial charge in [-0.15, -0.1) is 0 Å². The molecule has 0 saturated carbocycles. The van der Waals surface area contributed by atoms with E-state index in [2.05, 4.69) is 10.2 Å². The largest absolute Gasteiger partial charge is 0.507 e. The Hall–Kier alpha value is -3.21. The van der Waals surface area contributed by atoms with Crippen LogP contribution in [0.15, 0.2) is 57.6 Å². The molecule has 3 amide bonds. The number of phenolic OH excluding ortho intramolecular Hbond substituents is 1. The number of azo groups is 1. The molecule has 2 aliphatic rings. The molecule has 0 aliphatic carbocycles. The highest BCUT2D eigenvalue weighted by Gasteiger charge is 2.37. The van der Waals surface area contributed by atoms with Crippen LogP contribution in [-0.2, 0) is 14.3 Å². The normalized spacial score (nSPS) is 18.0. The number of benzene rings is 2. The second kappa shape index (κ2) is 10.2. The Balaban J connectivity index is 1.50. The number of carbonyl (C=O) groups excluding carboxylic acids is 3. The summed E-state index contributed by atoms with van der Waals surface area (Å²) >= 11 is 6.66. The molecule has 9 nitrogen and oxygen atoms in total. The zero-order valence-electron chi connectivity index (χ0n) is 17.3. The molecule has 0 bridgehead atoms. The lowest BCUT2D eigenvalue weighted by Gasteiger charge is -2.28. The third-order valence-corrected chi connectivity index (χ3v) is 6.06. The summed E-state index contributed by atoms with van der Waals surface area (Å²) in [6.45, 7) is 1.38. The number of phenols is 1. The zero-order valence-corrected chi connectivity index (χ0v) is 18.9. The SMILES string of the molecule is O=C(CN1C(=O)S/C(=C\c2cc(N=Nc3cccc(Cl)c3)ccc2O)C1=O)N1CCOCC1. The predicted molar refractivity (Wildman–Crippen MR) is 124 cm³/mol. The van der Waals surface area contributed by atoms with Gasteiger partial charge in [0.2, 0.25) is 5.91 Å². The third-order valence-electron chi connectivity index (χ3n) is 4.92. The summed E-state index contributed by atoms with van der Waals surface area (Å²) in [4.78, 5) is 40.2. The van der Waals surface area contributed by atoms with Crippen molar-refractivity contribution >= 4 is 57.9 Å². The fourth-order valence-corrected chi connectivity index (χ4v) is 4.21. The average molecular weight is 487 g/mol. The Bertz CT molecular complexity index is 1160. The van der Waals surface area contributed by atoms with Crippen LogP contribution in [0, 0.1) is 0 Å². The van der Waals surface area contributed by atoms with Crippen molar-refractivity contribution in [3.05, 3.63) is 58.0 Å². The van der Waals surface area contributed by atoms with E-state index in [4.69, 9.17) is 16.3 Å². The van der Waals surface area contributed by atoms with E-state index in [9.17, 15) is 19.5 Å². The summed E-state index contributed by atoms with van der Waals surface area (Å²) in [6, 6.07) is 11.4. The molecule has 33 heavy (non-hydrogen) atoms. The average Bonchev–Trinajstić information content (AvgIpc) is 3.07. The molecule has 170 valence electrons. The first-order valence-corrected chi connectivity index (χ1v) is 11.2. The van der Waals surface area contributed by atoms with Crippen molar-refractivity contribution < 1.29 is 24.2 Å². The minimum Gasteiger partial charge on any atom is -0.507 e. The quantitative estimate of drug-likeness (QED) is 0.496. The maximum atomic E-state index is 12.8. The lowest BCUT2D eigenvalue weighted by Crippen LogP contribution is -2.46. The number of ether oxygens (including phenoxy) is 1. The highest BCUT2D eigenvalue weighted by Crippen LogP contribution is 2.35. The van der Waals surface area contributed by atoms with Crippen LogP contribution in [0.4, 0.5) is 16.2 Å². The molecular formula is C22H19ClN4O5S. The summed E-state index contributed by atoms with van der Waals surface area (Å²) in [5.41, 5.74) is 1.28. The van der Waals surface area contributed by atoms with Crippen LogP contribution in [-0.4, -0.2) is 64.8 Å². The lowest BCUT2D eigenvalue weighted by molar-refractivity contribution is -0.139. The molecule has 0 unspecified atom stereocenters. The first-order valence-electron chi connectivity index (χ1n) is 10.0. The first kappa shape index (κ1) is 23.0. The van der Waals surface area contributed by atoms with Crippen LogP contribution in [0.25, 0.3) is 6.08 Å². The first-order chi connectivity index (χ1) is 15.9. The van der Waals surface area contributed by atoms with Crippen molar-refractivity contribution in [2.24, 2.45) is 10.2 Å². The number of halogens is 1. The molecule has 2 saturated heterocycles. The van der Waals surface area contributed by atoms with E-state index in [1.54, 1.807) is 35.2 Å².